The number of nitrogens with zero attached hydrogens (tertiary/aromatic N) is 1. The molecule has 2 rings (SSSR count). The molecule has 2 aromatic rings. The summed E-state index contributed by atoms with van der Waals surface area (Å²) in [7, 11) is 0. The lowest BCUT2D eigenvalue weighted by Crippen LogP contribution is -2.25. The molecule has 1 aromatic carbocycles. The third kappa shape index (κ3) is 3.27. The molecular weight excluding hydrogens is 250 g/mol. The maximum atomic E-state index is 11.6. The Hall–Kier alpha value is -1.95. The highest BCUT2D eigenvalue weighted by Crippen LogP contribution is 2.25. The molecule has 0 saturated carbocycles. The van der Waals surface area contributed by atoms with Gasteiger partial charge in [-0.25, -0.2) is 4.98 Å². The first kappa shape index (κ1) is 12.5. The van der Waals surface area contributed by atoms with Crippen molar-refractivity contribution in [3.05, 3.63) is 24.3 Å². The van der Waals surface area contributed by atoms with Gasteiger partial charge in [0, 0.05) is 19.9 Å². The fourth-order valence-corrected chi connectivity index (χ4v) is 2.34. The molecule has 0 aliphatic rings. The number of nitrogens with one attached hydrogen (secondary N) is 2. The number of anilines is 1. The van der Waals surface area contributed by atoms with E-state index in [1.54, 1.807) is 0 Å². The van der Waals surface area contributed by atoms with Gasteiger partial charge in [0.05, 0.1) is 10.2 Å². The first-order valence-corrected chi connectivity index (χ1v) is 6.36. The van der Waals surface area contributed by atoms with E-state index in [2.05, 4.69) is 15.6 Å². The van der Waals surface area contributed by atoms with Crippen LogP contribution in [0.5, 0.6) is 0 Å². The number of thiazole rings is 1. The summed E-state index contributed by atoms with van der Waals surface area (Å²) in [6, 6.07) is 7.70. The standard InChI is InChI=1S/C12H13N3O2S/c1-8(16)13-7-6-11(17)15-12-14-9-4-2-3-5-10(9)18-12/h2-5H,6-7H2,1H3,(H,13,16)(H,14,15,17). The molecule has 0 bridgehead atoms. The normalized spacial score (nSPS) is 10.3. The van der Waals surface area contributed by atoms with Gasteiger partial charge in [-0.15, -0.1) is 0 Å². The Morgan fingerprint density at radius 1 is 1.33 bits per heavy atom. The van der Waals surface area contributed by atoms with Gasteiger partial charge in [-0.05, 0) is 12.1 Å². The predicted octanol–water partition coefficient (Wildman–Crippen LogP) is 1.76. The lowest BCUT2D eigenvalue weighted by molar-refractivity contribution is -0.119. The van der Waals surface area contributed by atoms with Gasteiger partial charge in [-0.1, -0.05) is 23.5 Å². The van der Waals surface area contributed by atoms with Crippen LogP contribution in [0.3, 0.4) is 0 Å². The minimum atomic E-state index is -0.150. The van der Waals surface area contributed by atoms with Crippen LogP contribution in [0.15, 0.2) is 24.3 Å². The quantitative estimate of drug-likeness (QED) is 0.883. The zero-order valence-electron chi connectivity index (χ0n) is 9.90. The first-order chi connectivity index (χ1) is 8.65. The van der Waals surface area contributed by atoms with Crippen molar-refractivity contribution < 1.29 is 9.59 Å². The molecule has 6 heteroatoms. The zero-order valence-corrected chi connectivity index (χ0v) is 10.7. The highest BCUT2D eigenvalue weighted by atomic mass is 32.1. The molecule has 1 aromatic heterocycles. The van der Waals surface area contributed by atoms with E-state index >= 15 is 0 Å². The molecule has 0 saturated heterocycles. The van der Waals surface area contributed by atoms with Crippen LogP contribution in [-0.2, 0) is 9.59 Å². The van der Waals surface area contributed by atoms with Crippen molar-refractivity contribution in [2.75, 3.05) is 11.9 Å². The molecule has 0 aliphatic carbocycles. The number of fused-ring (bicyclic) bond motifs is 1. The van der Waals surface area contributed by atoms with Crippen molar-refractivity contribution >= 4 is 38.5 Å². The van der Waals surface area contributed by atoms with Crippen molar-refractivity contribution in [2.45, 2.75) is 13.3 Å². The minimum Gasteiger partial charge on any atom is -0.356 e. The smallest absolute Gasteiger partial charge is 0.227 e. The number of amides is 2. The topological polar surface area (TPSA) is 71.1 Å². The van der Waals surface area contributed by atoms with E-state index < -0.39 is 0 Å². The molecule has 0 radical (unpaired) electrons. The molecule has 0 atom stereocenters. The summed E-state index contributed by atoms with van der Waals surface area (Å²) >= 11 is 1.43. The fraction of sp³-hybridized carbons (Fsp3) is 0.250. The maximum absolute atomic E-state index is 11.6. The van der Waals surface area contributed by atoms with Crippen LogP contribution in [0.1, 0.15) is 13.3 Å². The van der Waals surface area contributed by atoms with Gasteiger partial charge >= 0.3 is 0 Å². The molecule has 94 valence electrons. The number of carbonyl (C=O) groups excluding carboxylic acids is 2. The Labute approximate surface area is 108 Å². The van der Waals surface area contributed by atoms with Crippen LogP contribution in [0, 0.1) is 0 Å². The Morgan fingerprint density at radius 3 is 2.83 bits per heavy atom. The van der Waals surface area contributed by atoms with Crippen LogP contribution in [-0.4, -0.2) is 23.3 Å². The number of para-hydroxylation sites is 1. The third-order valence-electron chi connectivity index (χ3n) is 2.27. The minimum absolute atomic E-state index is 0.136. The summed E-state index contributed by atoms with van der Waals surface area (Å²) in [5.74, 6) is -0.286. The van der Waals surface area contributed by atoms with Crippen LogP contribution in [0.4, 0.5) is 5.13 Å². The Bertz CT molecular complexity index is 546. The highest BCUT2D eigenvalue weighted by Gasteiger charge is 2.07. The van der Waals surface area contributed by atoms with E-state index in [0.717, 1.165) is 10.2 Å². The molecule has 0 spiro atoms. The third-order valence-corrected chi connectivity index (χ3v) is 3.22. The number of rotatable bonds is 4. The predicted molar refractivity (Wildman–Crippen MR) is 71.6 cm³/mol. The Balaban J connectivity index is 1.92. The summed E-state index contributed by atoms with van der Waals surface area (Å²) < 4.78 is 1.04. The van der Waals surface area contributed by atoms with Gasteiger partial charge in [-0.3, -0.25) is 9.59 Å². The molecule has 0 aliphatic heterocycles. The SMILES string of the molecule is CC(=O)NCCC(=O)Nc1nc2ccccc2s1. The summed E-state index contributed by atoms with van der Waals surface area (Å²) in [5.41, 5.74) is 0.875. The Morgan fingerprint density at radius 2 is 2.11 bits per heavy atom. The lowest BCUT2D eigenvalue weighted by Gasteiger charge is -2.01. The van der Waals surface area contributed by atoms with Gasteiger partial charge in [-0.2, -0.15) is 0 Å². The molecule has 2 amide bonds. The van der Waals surface area contributed by atoms with Crippen LogP contribution >= 0.6 is 11.3 Å². The molecule has 2 N–H and O–H groups in total. The summed E-state index contributed by atoms with van der Waals surface area (Å²) in [5, 5.41) is 5.88. The van der Waals surface area contributed by atoms with Gasteiger partial charge in [0.25, 0.3) is 0 Å². The molecular formula is C12H13N3O2S. The molecule has 0 fully saturated rings. The molecule has 18 heavy (non-hydrogen) atoms. The van der Waals surface area contributed by atoms with Crippen molar-refractivity contribution in [2.24, 2.45) is 0 Å². The monoisotopic (exact) mass is 263 g/mol. The number of benzene rings is 1. The van der Waals surface area contributed by atoms with Crippen molar-refractivity contribution in [1.82, 2.24) is 10.3 Å². The second-order valence-electron chi connectivity index (χ2n) is 3.77. The van der Waals surface area contributed by atoms with Gasteiger partial charge < -0.3 is 10.6 Å². The summed E-state index contributed by atoms with van der Waals surface area (Å²) in [4.78, 5) is 26.5. The van der Waals surface area contributed by atoms with E-state index in [0.29, 0.717) is 11.7 Å². The second-order valence-corrected chi connectivity index (χ2v) is 4.80. The molecule has 0 unspecified atom stereocenters. The fourth-order valence-electron chi connectivity index (χ4n) is 1.46. The van der Waals surface area contributed by atoms with E-state index in [9.17, 15) is 9.59 Å². The summed E-state index contributed by atoms with van der Waals surface area (Å²) in [6.07, 6.45) is 0.246. The van der Waals surface area contributed by atoms with E-state index in [1.807, 2.05) is 24.3 Å². The maximum Gasteiger partial charge on any atom is 0.227 e. The lowest BCUT2D eigenvalue weighted by atomic mass is 10.3. The second kappa shape index (κ2) is 5.59. The summed E-state index contributed by atoms with van der Waals surface area (Å²) in [6.45, 7) is 1.76. The zero-order chi connectivity index (χ0) is 13.0. The first-order valence-electron chi connectivity index (χ1n) is 5.55. The highest BCUT2D eigenvalue weighted by molar-refractivity contribution is 7.22. The van der Waals surface area contributed by atoms with E-state index in [-0.39, 0.29) is 18.2 Å². The average Bonchev–Trinajstić information content (AvgIpc) is 2.70. The van der Waals surface area contributed by atoms with E-state index in [1.165, 1.54) is 18.3 Å². The van der Waals surface area contributed by atoms with Crippen LogP contribution < -0.4 is 10.6 Å². The van der Waals surface area contributed by atoms with Gasteiger partial charge in [0.1, 0.15) is 0 Å². The van der Waals surface area contributed by atoms with E-state index in [4.69, 9.17) is 0 Å². The van der Waals surface area contributed by atoms with Crippen LogP contribution in [0.2, 0.25) is 0 Å². The Kier molecular flexibility index (Phi) is 3.88. The average molecular weight is 263 g/mol. The van der Waals surface area contributed by atoms with Gasteiger partial charge in [0.15, 0.2) is 5.13 Å². The number of aromatic nitrogens is 1. The van der Waals surface area contributed by atoms with Crippen molar-refractivity contribution in [3.8, 4) is 0 Å². The van der Waals surface area contributed by atoms with Crippen molar-refractivity contribution in [3.63, 3.8) is 0 Å². The van der Waals surface area contributed by atoms with Crippen molar-refractivity contribution in [1.29, 1.82) is 0 Å². The number of carbonyl (C=O) groups is 2. The van der Waals surface area contributed by atoms with Crippen LogP contribution in [0.25, 0.3) is 10.2 Å². The van der Waals surface area contributed by atoms with Gasteiger partial charge in [0.2, 0.25) is 11.8 Å². The number of hydrogen-bond donors (Lipinski definition) is 2. The number of hydrogen-bond acceptors (Lipinski definition) is 4. The molecule has 5 nitrogen and oxygen atoms in total. The largest absolute Gasteiger partial charge is 0.356 e. The molecule has 1 heterocycles.